The standard InChI is InChI=1S/C17H21N4O4/c1-24-11-13-7-9-20(10-8-13)16-15(21(22)23)17(19-12-18-16)25-14-5-3-2-4-6-14/h2-3,5-6,12-13H,4,7-11H2,1H3. The second-order valence-electron chi connectivity index (χ2n) is 6.03. The number of aromatic nitrogens is 2. The van der Waals surface area contributed by atoms with Crippen molar-refractivity contribution in [2.75, 3.05) is 31.7 Å². The van der Waals surface area contributed by atoms with E-state index in [9.17, 15) is 10.1 Å². The normalized spacial score (nSPS) is 18.1. The van der Waals surface area contributed by atoms with Crippen molar-refractivity contribution >= 4 is 11.5 Å². The second-order valence-corrected chi connectivity index (χ2v) is 6.03. The van der Waals surface area contributed by atoms with Crippen molar-refractivity contribution in [3.63, 3.8) is 0 Å². The van der Waals surface area contributed by atoms with Gasteiger partial charge in [0, 0.05) is 26.8 Å². The first-order valence-corrected chi connectivity index (χ1v) is 8.30. The molecule has 0 atom stereocenters. The minimum absolute atomic E-state index is 0.0215. The van der Waals surface area contributed by atoms with Crippen LogP contribution in [0, 0.1) is 22.5 Å². The van der Waals surface area contributed by atoms with Crippen LogP contribution in [0.4, 0.5) is 11.5 Å². The van der Waals surface area contributed by atoms with Gasteiger partial charge in [-0.2, -0.15) is 4.98 Å². The molecule has 25 heavy (non-hydrogen) atoms. The van der Waals surface area contributed by atoms with Crippen LogP contribution in [0.3, 0.4) is 0 Å². The highest BCUT2D eigenvalue weighted by Crippen LogP contribution is 2.36. The molecule has 0 amide bonds. The van der Waals surface area contributed by atoms with Gasteiger partial charge in [-0.1, -0.05) is 6.08 Å². The van der Waals surface area contributed by atoms with Gasteiger partial charge in [-0.15, -0.1) is 0 Å². The van der Waals surface area contributed by atoms with Gasteiger partial charge in [-0.05, 0) is 43.8 Å². The first-order chi connectivity index (χ1) is 12.2. The Morgan fingerprint density at radius 3 is 2.80 bits per heavy atom. The first-order valence-electron chi connectivity index (χ1n) is 8.30. The summed E-state index contributed by atoms with van der Waals surface area (Å²) in [5.41, 5.74) is -0.184. The molecule has 0 aromatic carbocycles. The summed E-state index contributed by atoms with van der Waals surface area (Å²) < 4.78 is 10.9. The number of piperidine rings is 1. The van der Waals surface area contributed by atoms with Gasteiger partial charge in [-0.3, -0.25) is 10.1 Å². The fourth-order valence-corrected chi connectivity index (χ4v) is 3.05. The van der Waals surface area contributed by atoms with Gasteiger partial charge < -0.3 is 14.4 Å². The molecule has 8 nitrogen and oxygen atoms in total. The number of nitro groups is 1. The highest BCUT2D eigenvalue weighted by Gasteiger charge is 2.31. The average molecular weight is 345 g/mol. The Balaban J connectivity index is 1.82. The molecule has 1 aromatic heterocycles. The van der Waals surface area contributed by atoms with E-state index in [-0.39, 0.29) is 11.6 Å². The molecule has 3 rings (SSSR count). The van der Waals surface area contributed by atoms with E-state index in [4.69, 9.17) is 9.47 Å². The van der Waals surface area contributed by atoms with Crippen LogP contribution in [-0.2, 0) is 4.74 Å². The smallest absolute Gasteiger partial charge is 0.373 e. The van der Waals surface area contributed by atoms with Crippen molar-refractivity contribution in [1.29, 1.82) is 0 Å². The second kappa shape index (κ2) is 8.06. The first kappa shape index (κ1) is 17.3. The summed E-state index contributed by atoms with van der Waals surface area (Å²) in [6, 6.07) is 0. The fraction of sp³-hybridized carbons (Fsp3) is 0.471. The lowest BCUT2D eigenvalue weighted by molar-refractivity contribution is -0.385. The van der Waals surface area contributed by atoms with E-state index >= 15 is 0 Å². The molecule has 1 aliphatic carbocycles. The Morgan fingerprint density at radius 2 is 2.16 bits per heavy atom. The van der Waals surface area contributed by atoms with Crippen molar-refractivity contribution in [2.45, 2.75) is 19.3 Å². The molecule has 0 N–H and O–H groups in total. The van der Waals surface area contributed by atoms with Gasteiger partial charge in [0.1, 0.15) is 12.1 Å². The van der Waals surface area contributed by atoms with Gasteiger partial charge in [0.2, 0.25) is 5.82 Å². The SMILES string of the molecule is COCC1CCN(c2ncnc(OC3=CC[CH]C=C3)c2[N+](=O)[O-])CC1. The van der Waals surface area contributed by atoms with Gasteiger partial charge in [0.15, 0.2) is 0 Å². The number of methoxy groups -OCH3 is 1. The predicted molar refractivity (Wildman–Crippen MR) is 92.3 cm³/mol. The molecule has 1 saturated heterocycles. The Morgan fingerprint density at radius 1 is 1.36 bits per heavy atom. The van der Waals surface area contributed by atoms with E-state index in [1.165, 1.54) is 6.33 Å². The minimum Gasteiger partial charge on any atom is -0.434 e. The molecule has 1 aromatic rings. The third-order valence-electron chi connectivity index (χ3n) is 4.33. The Bertz CT molecular complexity index is 681. The number of rotatable bonds is 6. The highest BCUT2D eigenvalue weighted by atomic mass is 16.6. The molecule has 0 spiro atoms. The number of hydrogen-bond donors (Lipinski definition) is 0. The number of anilines is 1. The molecule has 0 unspecified atom stereocenters. The average Bonchev–Trinajstić information content (AvgIpc) is 2.63. The largest absolute Gasteiger partial charge is 0.434 e. The molecule has 1 fully saturated rings. The zero-order valence-corrected chi connectivity index (χ0v) is 14.1. The van der Waals surface area contributed by atoms with Crippen LogP contribution in [-0.4, -0.2) is 41.7 Å². The summed E-state index contributed by atoms with van der Waals surface area (Å²) in [6.07, 6.45) is 11.3. The molecule has 133 valence electrons. The van der Waals surface area contributed by atoms with E-state index in [1.807, 2.05) is 23.5 Å². The molecular weight excluding hydrogens is 324 g/mol. The Labute approximate surface area is 146 Å². The minimum atomic E-state index is -0.467. The molecule has 2 aliphatic rings. The number of hydrogen-bond acceptors (Lipinski definition) is 7. The Hall–Kier alpha value is -2.48. The lowest BCUT2D eigenvalue weighted by atomic mass is 9.98. The van der Waals surface area contributed by atoms with Crippen LogP contribution in [0.5, 0.6) is 5.88 Å². The molecule has 2 heterocycles. The van der Waals surface area contributed by atoms with Crippen molar-refractivity contribution in [1.82, 2.24) is 9.97 Å². The molecule has 1 radical (unpaired) electrons. The molecule has 0 bridgehead atoms. The van der Waals surface area contributed by atoms with E-state index in [1.54, 1.807) is 13.2 Å². The van der Waals surface area contributed by atoms with Crippen LogP contribution in [0.1, 0.15) is 19.3 Å². The van der Waals surface area contributed by atoms with E-state index < -0.39 is 4.92 Å². The van der Waals surface area contributed by atoms with Crippen LogP contribution >= 0.6 is 0 Å². The lowest BCUT2D eigenvalue weighted by Crippen LogP contribution is -2.36. The van der Waals surface area contributed by atoms with Crippen molar-refractivity contribution in [3.8, 4) is 5.88 Å². The van der Waals surface area contributed by atoms with Gasteiger partial charge >= 0.3 is 11.6 Å². The summed E-state index contributed by atoms with van der Waals surface area (Å²) in [7, 11) is 1.69. The van der Waals surface area contributed by atoms with Gasteiger partial charge in [0.05, 0.1) is 4.92 Å². The maximum atomic E-state index is 11.6. The monoisotopic (exact) mass is 345 g/mol. The fourth-order valence-electron chi connectivity index (χ4n) is 3.05. The van der Waals surface area contributed by atoms with Gasteiger partial charge in [0.25, 0.3) is 0 Å². The van der Waals surface area contributed by atoms with E-state index in [0.29, 0.717) is 37.2 Å². The Kier molecular flexibility index (Phi) is 5.60. The summed E-state index contributed by atoms with van der Waals surface area (Å²) in [5, 5.41) is 11.6. The number of nitrogens with zero attached hydrogens (tertiary/aromatic N) is 4. The summed E-state index contributed by atoms with van der Waals surface area (Å²) >= 11 is 0. The highest BCUT2D eigenvalue weighted by molar-refractivity contribution is 5.63. The third-order valence-corrected chi connectivity index (χ3v) is 4.33. The lowest BCUT2D eigenvalue weighted by Gasteiger charge is -2.32. The van der Waals surface area contributed by atoms with E-state index in [0.717, 1.165) is 19.3 Å². The quantitative estimate of drug-likeness (QED) is 0.578. The molecule has 1 aliphatic heterocycles. The van der Waals surface area contributed by atoms with E-state index in [2.05, 4.69) is 9.97 Å². The van der Waals surface area contributed by atoms with Crippen LogP contribution in [0.15, 0.2) is 30.3 Å². The third kappa shape index (κ3) is 4.14. The summed E-state index contributed by atoms with van der Waals surface area (Å²) in [6.45, 7) is 2.11. The number of allylic oxidation sites excluding steroid dienone is 3. The predicted octanol–water partition coefficient (Wildman–Crippen LogP) is 2.67. The molecular formula is C17H21N4O4. The topological polar surface area (TPSA) is 90.6 Å². The van der Waals surface area contributed by atoms with Crippen LogP contribution in [0.25, 0.3) is 0 Å². The summed E-state index contributed by atoms with van der Waals surface area (Å²) in [5.74, 6) is 1.32. The maximum Gasteiger partial charge on any atom is 0.373 e. The zero-order valence-electron chi connectivity index (χ0n) is 14.1. The van der Waals surface area contributed by atoms with Crippen molar-refractivity contribution in [2.24, 2.45) is 5.92 Å². The zero-order chi connectivity index (χ0) is 17.6. The van der Waals surface area contributed by atoms with Crippen LogP contribution < -0.4 is 9.64 Å². The maximum absolute atomic E-state index is 11.6. The number of ether oxygens (including phenoxy) is 2. The summed E-state index contributed by atoms with van der Waals surface area (Å²) in [4.78, 5) is 21.3. The molecule has 0 saturated carbocycles. The van der Waals surface area contributed by atoms with Crippen LogP contribution in [0.2, 0.25) is 0 Å². The van der Waals surface area contributed by atoms with Crippen molar-refractivity contribution in [3.05, 3.63) is 46.8 Å². The molecule has 8 heteroatoms. The van der Waals surface area contributed by atoms with Gasteiger partial charge in [-0.25, -0.2) is 4.98 Å². The van der Waals surface area contributed by atoms with Crippen molar-refractivity contribution < 1.29 is 14.4 Å².